The van der Waals surface area contributed by atoms with E-state index < -0.39 is 6.10 Å². The Morgan fingerprint density at radius 1 is 0.269 bits per heavy atom. The highest BCUT2D eigenvalue weighted by Gasteiger charge is 2.19. The van der Waals surface area contributed by atoms with Crippen molar-refractivity contribution in [2.75, 3.05) is 13.2 Å². The Labute approximate surface area is 486 Å². The van der Waals surface area contributed by atoms with Crippen molar-refractivity contribution in [3.05, 3.63) is 48.6 Å². The summed E-state index contributed by atoms with van der Waals surface area (Å²) in [5, 5.41) is 0. The number of esters is 3. The molecule has 0 saturated carbocycles. The lowest BCUT2D eigenvalue weighted by Gasteiger charge is -2.18. The summed E-state index contributed by atoms with van der Waals surface area (Å²) < 4.78 is 16.9. The zero-order valence-electron chi connectivity index (χ0n) is 52.5. The first-order valence-corrected chi connectivity index (χ1v) is 34.6. The van der Waals surface area contributed by atoms with Gasteiger partial charge in [-0.05, 0) is 77.0 Å². The summed E-state index contributed by atoms with van der Waals surface area (Å²) in [7, 11) is 0. The molecule has 456 valence electrons. The molecule has 0 aliphatic heterocycles. The fraction of sp³-hybridized carbons (Fsp3) is 0.847. The molecule has 6 nitrogen and oxygen atoms in total. The zero-order chi connectivity index (χ0) is 56.4. The molecule has 0 radical (unpaired) electrons. The summed E-state index contributed by atoms with van der Waals surface area (Å²) in [6, 6.07) is 0. The molecule has 0 fully saturated rings. The number of unbranched alkanes of at least 4 members (excludes halogenated alkanes) is 45. The molecule has 0 aliphatic carbocycles. The number of hydrogen-bond acceptors (Lipinski definition) is 6. The summed E-state index contributed by atoms with van der Waals surface area (Å²) >= 11 is 0. The van der Waals surface area contributed by atoms with E-state index in [-0.39, 0.29) is 31.1 Å². The smallest absolute Gasteiger partial charge is 0.306 e. The molecule has 0 amide bonds. The molecule has 0 heterocycles. The van der Waals surface area contributed by atoms with Crippen molar-refractivity contribution in [3.8, 4) is 0 Å². The fourth-order valence-corrected chi connectivity index (χ4v) is 10.4. The summed E-state index contributed by atoms with van der Waals surface area (Å²) in [4.78, 5) is 38.3. The average molecular weight is 1090 g/mol. The van der Waals surface area contributed by atoms with Gasteiger partial charge in [-0.3, -0.25) is 14.4 Å². The van der Waals surface area contributed by atoms with Crippen LogP contribution in [0.5, 0.6) is 0 Å². The predicted molar refractivity (Wildman–Crippen MR) is 339 cm³/mol. The van der Waals surface area contributed by atoms with Crippen molar-refractivity contribution >= 4 is 17.9 Å². The third kappa shape index (κ3) is 64.2. The monoisotopic (exact) mass is 1090 g/mol. The number of carbonyl (C=O) groups excluding carboxylic acids is 3. The lowest BCUT2D eigenvalue weighted by atomic mass is 10.0. The first kappa shape index (κ1) is 75.4. The van der Waals surface area contributed by atoms with E-state index in [1.165, 1.54) is 250 Å². The highest BCUT2D eigenvalue weighted by molar-refractivity contribution is 5.71. The van der Waals surface area contributed by atoms with Crippen LogP contribution in [0.3, 0.4) is 0 Å². The van der Waals surface area contributed by atoms with E-state index in [4.69, 9.17) is 14.2 Å². The minimum atomic E-state index is -0.782. The number of hydrogen-bond donors (Lipinski definition) is 0. The molecule has 78 heavy (non-hydrogen) atoms. The SMILES string of the molecule is CC/C=C\C/C=C\C/C=C\CCCCCC(=O)OCC(COC(=O)CCCCCCCCCCCCCCCCCCCCCCC/C=C\CCCCCCCCCC)OC(=O)CCCCCCCCCCCCCCCC. The Morgan fingerprint density at radius 3 is 0.808 bits per heavy atom. The van der Waals surface area contributed by atoms with Crippen molar-refractivity contribution in [1.82, 2.24) is 0 Å². The molecule has 0 aliphatic rings. The molecule has 0 aromatic heterocycles. The molecular weight excluding hydrogens is 961 g/mol. The number of ether oxygens (including phenoxy) is 3. The normalized spacial score (nSPS) is 12.3. The molecule has 0 spiro atoms. The summed E-state index contributed by atoms with van der Waals surface area (Å²) in [6.07, 6.45) is 84.5. The van der Waals surface area contributed by atoms with Gasteiger partial charge in [0.1, 0.15) is 13.2 Å². The van der Waals surface area contributed by atoms with Gasteiger partial charge in [0.05, 0.1) is 0 Å². The van der Waals surface area contributed by atoms with Gasteiger partial charge in [-0.15, -0.1) is 0 Å². The van der Waals surface area contributed by atoms with Gasteiger partial charge in [0.15, 0.2) is 6.10 Å². The number of carbonyl (C=O) groups is 3. The Bertz CT molecular complexity index is 1350. The van der Waals surface area contributed by atoms with E-state index in [0.29, 0.717) is 19.3 Å². The minimum Gasteiger partial charge on any atom is -0.462 e. The largest absolute Gasteiger partial charge is 0.462 e. The molecular formula is C72H132O6. The first-order valence-electron chi connectivity index (χ1n) is 34.6. The summed E-state index contributed by atoms with van der Waals surface area (Å²) in [6.45, 7) is 6.55. The topological polar surface area (TPSA) is 78.9 Å². The standard InChI is InChI=1S/C72H132O6/c1-4-7-10-13-16-19-22-25-27-28-29-30-31-32-33-34-35-36-37-38-39-40-41-42-43-44-45-48-50-53-56-59-62-65-71(74)77-68-69(67-76-70(73)64-61-58-55-52-49-46-24-21-18-15-12-9-6-3)78-72(75)66-63-60-57-54-51-47-26-23-20-17-14-11-8-5-2/h9,12,18,21,28-29,46,49,69H,4-8,10-11,13-17,19-20,22-27,30-45,47-48,50-68H2,1-3H3/b12-9-,21-18-,29-28-,49-46-. The van der Waals surface area contributed by atoms with Crippen LogP contribution in [0.4, 0.5) is 0 Å². The van der Waals surface area contributed by atoms with Crippen LogP contribution in [-0.2, 0) is 28.6 Å². The van der Waals surface area contributed by atoms with E-state index >= 15 is 0 Å². The number of allylic oxidation sites excluding steroid dienone is 8. The van der Waals surface area contributed by atoms with Crippen LogP contribution in [0.1, 0.15) is 374 Å². The van der Waals surface area contributed by atoms with Crippen LogP contribution in [0.15, 0.2) is 48.6 Å². The molecule has 0 N–H and O–H groups in total. The first-order chi connectivity index (χ1) is 38.5. The van der Waals surface area contributed by atoms with Crippen LogP contribution < -0.4 is 0 Å². The van der Waals surface area contributed by atoms with Gasteiger partial charge in [0.25, 0.3) is 0 Å². The lowest BCUT2D eigenvalue weighted by molar-refractivity contribution is -0.167. The second-order valence-electron chi connectivity index (χ2n) is 23.4. The molecule has 0 bridgehead atoms. The van der Waals surface area contributed by atoms with E-state index in [1.807, 2.05) is 0 Å². The van der Waals surface area contributed by atoms with Gasteiger partial charge in [-0.1, -0.05) is 326 Å². The highest BCUT2D eigenvalue weighted by Crippen LogP contribution is 2.18. The third-order valence-electron chi connectivity index (χ3n) is 15.6. The Balaban J connectivity index is 4.08. The Morgan fingerprint density at radius 2 is 0.500 bits per heavy atom. The van der Waals surface area contributed by atoms with Crippen molar-refractivity contribution in [2.45, 2.75) is 380 Å². The average Bonchev–Trinajstić information content (AvgIpc) is 3.44. The second-order valence-corrected chi connectivity index (χ2v) is 23.4. The summed E-state index contributed by atoms with van der Waals surface area (Å²) in [5.41, 5.74) is 0. The maximum absolute atomic E-state index is 12.9. The lowest BCUT2D eigenvalue weighted by Crippen LogP contribution is -2.30. The Kier molecular flexibility index (Phi) is 64.6. The van der Waals surface area contributed by atoms with E-state index in [0.717, 1.165) is 83.5 Å². The Hall–Kier alpha value is -2.63. The molecule has 0 aromatic carbocycles. The number of rotatable bonds is 64. The minimum absolute atomic E-state index is 0.0775. The molecule has 0 saturated heterocycles. The van der Waals surface area contributed by atoms with Crippen molar-refractivity contribution < 1.29 is 28.6 Å². The van der Waals surface area contributed by atoms with Crippen molar-refractivity contribution in [2.24, 2.45) is 0 Å². The molecule has 1 unspecified atom stereocenters. The van der Waals surface area contributed by atoms with Gasteiger partial charge in [-0.2, -0.15) is 0 Å². The van der Waals surface area contributed by atoms with Gasteiger partial charge in [-0.25, -0.2) is 0 Å². The van der Waals surface area contributed by atoms with Gasteiger partial charge >= 0.3 is 17.9 Å². The van der Waals surface area contributed by atoms with Crippen molar-refractivity contribution in [1.29, 1.82) is 0 Å². The fourth-order valence-electron chi connectivity index (χ4n) is 10.4. The molecule has 6 heteroatoms. The van der Waals surface area contributed by atoms with E-state index in [1.54, 1.807) is 0 Å². The van der Waals surface area contributed by atoms with Crippen LogP contribution in [0.25, 0.3) is 0 Å². The quantitative estimate of drug-likeness (QED) is 0.0261. The van der Waals surface area contributed by atoms with Crippen LogP contribution >= 0.6 is 0 Å². The zero-order valence-corrected chi connectivity index (χ0v) is 52.5. The molecule has 1 atom stereocenters. The second kappa shape index (κ2) is 66.9. The van der Waals surface area contributed by atoms with Gasteiger partial charge in [0.2, 0.25) is 0 Å². The van der Waals surface area contributed by atoms with Crippen LogP contribution in [0, 0.1) is 0 Å². The summed E-state index contributed by atoms with van der Waals surface area (Å²) in [5.74, 6) is -0.886. The molecule has 0 aromatic rings. The van der Waals surface area contributed by atoms with E-state index in [9.17, 15) is 14.4 Å². The highest BCUT2D eigenvalue weighted by atomic mass is 16.6. The van der Waals surface area contributed by atoms with Crippen molar-refractivity contribution in [3.63, 3.8) is 0 Å². The maximum Gasteiger partial charge on any atom is 0.306 e. The molecule has 0 rings (SSSR count). The van der Waals surface area contributed by atoms with Gasteiger partial charge < -0.3 is 14.2 Å². The predicted octanol–water partition coefficient (Wildman–Crippen LogP) is 23.7. The van der Waals surface area contributed by atoms with Crippen LogP contribution in [-0.4, -0.2) is 37.2 Å². The van der Waals surface area contributed by atoms with Gasteiger partial charge in [0, 0.05) is 19.3 Å². The van der Waals surface area contributed by atoms with Crippen LogP contribution in [0.2, 0.25) is 0 Å². The van der Waals surface area contributed by atoms with E-state index in [2.05, 4.69) is 69.4 Å². The maximum atomic E-state index is 12.9. The third-order valence-corrected chi connectivity index (χ3v) is 15.6.